The van der Waals surface area contributed by atoms with Gasteiger partial charge in [0.15, 0.2) is 0 Å². The largest absolute Gasteiger partial charge is 0.377 e. The Morgan fingerprint density at radius 3 is 2.81 bits per heavy atom. The molecule has 2 atom stereocenters. The zero-order valence-electron chi connectivity index (χ0n) is 12.6. The fourth-order valence-electron chi connectivity index (χ4n) is 4.33. The van der Waals surface area contributed by atoms with Crippen molar-refractivity contribution in [3.8, 4) is 0 Å². The molecule has 2 heterocycles. The van der Waals surface area contributed by atoms with Crippen LogP contribution in [-0.2, 0) is 11.2 Å². The van der Waals surface area contributed by atoms with Gasteiger partial charge in [-0.05, 0) is 44.1 Å². The van der Waals surface area contributed by atoms with E-state index in [1.165, 1.54) is 44.2 Å². The van der Waals surface area contributed by atoms with Crippen molar-refractivity contribution in [3.05, 3.63) is 18.0 Å². The van der Waals surface area contributed by atoms with Gasteiger partial charge >= 0.3 is 0 Å². The maximum atomic E-state index is 6.40. The van der Waals surface area contributed by atoms with Gasteiger partial charge in [-0.1, -0.05) is 12.8 Å². The quantitative estimate of drug-likeness (QED) is 0.770. The molecule has 0 bridgehead atoms. The van der Waals surface area contributed by atoms with E-state index in [1.807, 2.05) is 0 Å². The van der Waals surface area contributed by atoms with Gasteiger partial charge in [0.1, 0.15) is 0 Å². The summed E-state index contributed by atoms with van der Waals surface area (Å²) < 4.78 is 8.24. The molecule has 3 fully saturated rings. The van der Waals surface area contributed by atoms with Crippen LogP contribution in [0.4, 0.5) is 0 Å². The van der Waals surface area contributed by atoms with E-state index >= 15 is 0 Å². The number of nitrogens with zero attached hydrogens (tertiary/aromatic N) is 2. The summed E-state index contributed by atoms with van der Waals surface area (Å²) >= 11 is 6.40. The van der Waals surface area contributed by atoms with E-state index in [0.717, 1.165) is 25.4 Å². The van der Waals surface area contributed by atoms with E-state index in [4.69, 9.17) is 21.4 Å². The van der Waals surface area contributed by atoms with Gasteiger partial charge in [-0.3, -0.25) is 4.68 Å². The maximum absolute atomic E-state index is 6.40. The highest BCUT2D eigenvalue weighted by atomic mass is 35.5. The van der Waals surface area contributed by atoms with Crippen LogP contribution >= 0.6 is 11.6 Å². The van der Waals surface area contributed by atoms with Gasteiger partial charge in [0.05, 0.1) is 17.8 Å². The van der Waals surface area contributed by atoms with Crippen molar-refractivity contribution in [1.29, 1.82) is 0 Å². The molecule has 2 aliphatic carbocycles. The van der Waals surface area contributed by atoms with Crippen LogP contribution in [0.25, 0.3) is 0 Å². The molecule has 0 spiro atoms. The summed E-state index contributed by atoms with van der Waals surface area (Å²) in [5, 5.41) is 4.87. The predicted octanol–water partition coefficient (Wildman–Crippen LogP) is 3.96. The van der Waals surface area contributed by atoms with Crippen LogP contribution in [0.15, 0.2) is 12.3 Å². The lowest BCUT2D eigenvalue weighted by atomic mass is 9.77. The van der Waals surface area contributed by atoms with Crippen LogP contribution in [0, 0.1) is 11.3 Å². The first-order valence-corrected chi connectivity index (χ1v) is 9.06. The molecule has 1 aromatic rings. The van der Waals surface area contributed by atoms with Crippen LogP contribution in [-0.4, -0.2) is 28.4 Å². The van der Waals surface area contributed by atoms with Gasteiger partial charge in [-0.25, -0.2) is 0 Å². The van der Waals surface area contributed by atoms with E-state index in [-0.39, 0.29) is 5.41 Å². The fraction of sp³-hybridized carbons (Fsp3) is 0.824. The summed E-state index contributed by atoms with van der Waals surface area (Å²) in [5.41, 5.74) is 1.33. The molecular weight excluding hydrogens is 284 g/mol. The Morgan fingerprint density at radius 1 is 1.29 bits per heavy atom. The minimum atomic E-state index is 0.123. The second kappa shape index (κ2) is 5.58. The summed E-state index contributed by atoms with van der Waals surface area (Å²) in [6.07, 6.45) is 12.5. The number of alkyl halides is 1. The van der Waals surface area contributed by atoms with E-state index in [2.05, 4.69) is 16.9 Å². The molecule has 1 aliphatic heterocycles. The van der Waals surface area contributed by atoms with Crippen molar-refractivity contribution >= 4 is 11.6 Å². The normalized spacial score (nSPS) is 33.9. The number of hydrogen-bond donors (Lipinski definition) is 0. The molecule has 1 aromatic heterocycles. The maximum Gasteiger partial charge on any atom is 0.0675 e. The van der Waals surface area contributed by atoms with Gasteiger partial charge < -0.3 is 4.74 Å². The van der Waals surface area contributed by atoms with Crippen molar-refractivity contribution in [2.75, 3.05) is 12.5 Å². The first kappa shape index (κ1) is 14.1. The van der Waals surface area contributed by atoms with Gasteiger partial charge in [0.2, 0.25) is 0 Å². The summed E-state index contributed by atoms with van der Waals surface area (Å²) in [6.45, 7) is 0.872. The SMILES string of the molecule is ClCC1(Cc2ccn(C3CCCC3)n2)CCOC1C1CC1. The average molecular weight is 309 g/mol. The van der Waals surface area contributed by atoms with Gasteiger partial charge in [-0.2, -0.15) is 5.10 Å². The number of halogens is 1. The number of rotatable bonds is 5. The molecule has 0 aromatic carbocycles. The third kappa shape index (κ3) is 2.63. The topological polar surface area (TPSA) is 27.1 Å². The van der Waals surface area contributed by atoms with Gasteiger partial charge in [-0.15, -0.1) is 11.6 Å². The molecule has 4 rings (SSSR count). The summed E-state index contributed by atoms with van der Waals surface area (Å²) in [7, 11) is 0. The molecule has 4 heteroatoms. The highest BCUT2D eigenvalue weighted by molar-refractivity contribution is 6.18. The molecule has 21 heavy (non-hydrogen) atoms. The fourth-order valence-corrected chi connectivity index (χ4v) is 4.71. The smallest absolute Gasteiger partial charge is 0.0675 e. The van der Waals surface area contributed by atoms with E-state index in [0.29, 0.717) is 18.0 Å². The van der Waals surface area contributed by atoms with Crippen molar-refractivity contribution in [1.82, 2.24) is 9.78 Å². The average Bonchev–Trinajstić information content (AvgIpc) is 2.96. The zero-order valence-corrected chi connectivity index (χ0v) is 13.4. The molecule has 1 saturated heterocycles. The Kier molecular flexibility index (Phi) is 3.74. The first-order valence-electron chi connectivity index (χ1n) is 8.52. The van der Waals surface area contributed by atoms with Crippen molar-refractivity contribution < 1.29 is 4.74 Å². The lowest BCUT2D eigenvalue weighted by Gasteiger charge is -2.31. The molecule has 0 N–H and O–H groups in total. The molecule has 3 nitrogen and oxygen atoms in total. The Hall–Kier alpha value is -0.540. The van der Waals surface area contributed by atoms with Crippen LogP contribution in [0.3, 0.4) is 0 Å². The van der Waals surface area contributed by atoms with Crippen LogP contribution in [0.2, 0.25) is 0 Å². The van der Waals surface area contributed by atoms with Crippen molar-refractivity contribution in [2.24, 2.45) is 11.3 Å². The third-order valence-corrected chi connectivity index (χ3v) is 6.25. The number of aromatic nitrogens is 2. The molecule has 116 valence electrons. The van der Waals surface area contributed by atoms with E-state index in [9.17, 15) is 0 Å². The van der Waals surface area contributed by atoms with E-state index < -0.39 is 0 Å². The molecule has 0 radical (unpaired) electrons. The first-order chi connectivity index (χ1) is 10.3. The Morgan fingerprint density at radius 2 is 2.10 bits per heavy atom. The molecule has 3 aliphatic rings. The Balaban J connectivity index is 1.50. The summed E-state index contributed by atoms with van der Waals surface area (Å²) in [4.78, 5) is 0. The number of hydrogen-bond acceptors (Lipinski definition) is 2. The highest BCUT2D eigenvalue weighted by Crippen LogP contribution is 2.49. The summed E-state index contributed by atoms with van der Waals surface area (Å²) in [6, 6.07) is 2.83. The minimum absolute atomic E-state index is 0.123. The molecule has 2 saturated carbocycles. The van der Waals surface area contributed by atoms with Crippen LogP contribution in [0.1, 0.15) is 56.7 Å². The second-order valence-electron chi connectivity index (χ2n) is 7.28. The van der Waals surface area contributed by atoms with Crippen LogP contribution < -0.4 is 0 Å². The minimum Gasteiger partial charge on any atom is -0.377 e. The van der Waals surface area contributed by atoms with Gasteiger partial charge in [0.25, 0.3) is 0 Å². The monoisotopic (exact) mass is 308 g/mol. The van der Waals surface area contributed by atoms with Crippen LogP contribution in [0.5, 0.6) is 0 Å². The second-order valence-corrected chi connectivity index (χ2v) is 7.54. The molecule has 0 amide bonds. The van der Waals surface area contributed by atoms with E-state index in [1.54, 1.807) is 0 Å². The molecular formula is C17H25ClN2O. The summed E-state index contributed by atoms with van der Waals surface area (Å²) in [5.74, 6) is 1.45. The molecule has 2 unspecified atom stereocenters. The van der Waals surface area contributed by atoms with Gasteiger partial charge in [0, 0.05) is 30.5 Å². The lowest BCUT2D eigenvalue weighted by molar-refractivity contribution is 0.0398. The highest BCUT2D eigenvalue weighted by Gasteiger charge is 2.50. The van der Waals surface area contributed by atoms with Crippen molar-refractivity contribution in [2.45, 2.75) is 63.5 Å². The predicted molar refractivity (Wildman–Crippen MR) is 83.7 cm³/mol. The standard InChI is InChI=1S/C17H25ClN2O/c18-12-17(8-10-21-16(17)13-5-6-13)11-14-7-9-20(19-14)15-3-1-2-4-15/h7,9,13,15-16H,1-6,8,10-12H2. The zero-order chi connectivity index (χ0) is 14.3. The third-order valence-electron chi connectivity index (χ3n) is 5.71. The van der Waals surface area contributed by atoms with Crippen molar-refractivity contribution in [3.63, 3.8) is 0 Å². The Labute approximate surface area is 132 Å². The number of ether oxygens (including phenoxy) is 1. The lowest BCUT2D eigenvalue weighted by Crippen LogP contribution is -2.36. The Bertz CT molecular complexity index is 493.